The molecular weight excluding hydrogens is 332 g/mol. The van der Waals surface area contributed by atoms with E-state index in [0.717, 1.165) is 37.7 Å². The van der Waals surface area contributed by atoms with Crippen molar-refractivity contribution in [1.82, 2.24) is 10.2 Å². The molecule has 1 N–H and O–H groups in total. The van der Waals surface area contributed by atoms with Crippen LogP contribution in [-0.4, -0.2) is 37.9 Å². The van der Waals surface area contributed by atoms with Crippen LogP contribution in [0, 0.1) is 0 Å². The average molecular weight is 352 g/mol. The lowest BCUT2D eigenvalue weighted by Gasteiger charge is -2.35. The minimum Gasteiger partial charge on any atom is -0.454 e. The second-order valence-electron chi connectivity index (χ2n) is 6.49. The number of ether oxygens (including phenoxy) is 2. The third-order valence-electron chi connectivity index (χ3n) is 5.03. The van der Waals surface area contributed by atoms with Gasteiger partial charge in [0.1, 0.15) is 0 Å². The van der Waals surface area contributed by atoms with Gasteiger partial charge >= 0.3 is 0 Å². The number of hydrogen-bond acceptors (Lipinski definition) is 5. The van der Waals surface area contributed by atoms with Crippen LogP contribution in [0.1, 0.15) is 17.2 Å². The number of thiophene rings is 1. The molecule has 1 atom stereocenters. The molecule has 128 valence electrons. The van der Waals surface area contributed by atoms with Crippen molar-refractivity contribution in [2.45, 2.75) is 6.04 Å². The van der Waals surface area contributed by atoms with Crippen molar-refractivity contribution in [1.29, 1.82) is 0 Å². The molecule has 1 aromatic heterocycles. The number of nitrogens with one attached hydrogen (secondary N) is 1. The molecule has 1 unspecified atom stereocenters. The largest absolute Gasteiger partial charge is 0.454 e. The van der Waals surface area contributed by atoms with Crippen LogP contribution in [-0.2, 0) is 0 Å². The van der Waals surface area contributed by atoms with Crippen LogP contribution in [0.4, 0.5) is 0 Å². The van der Waals surface area contributed by atoms with Crippen LogP contribution in [0.3, 0.4) is 0 Å². The molecule has 1 fully saturated rings. The molecule has 5 heteroatoms. The summed E-state index contributed by atoms with van der Waals surface area (Å²) in [6, 6.07) is 15.3. The third-order valence-corrected chi connectivity index (χ3v) is 6.02. The number of piperazine rings is 1. The molecule has 0 aliphatic carbocycles. The Morgan fingerprint density at radius 3 is 2.76 bits per heavy atom. The second kappa shape index (κ2) is 6.33. The highest BCUT2D eigenvalue weighted by atomic mass is 32.1. The molecule has 2 aliphatic rings. The highest BCUT2D eigenvalue weighted by molar-refractivity contribution is 7.17. The van der Waals surface area contributed by atoms with Gasteiger partial charge in [-0.3, -0.25) is 4.90 Å². The van der Waals surface area contributed by atoms with E-state index in [1.165, 1.54) is 21.2 Å². The lowest BCUT2D eigenvalue weighted by atomic mass is 9.95. The van der Waals surface area contributed by atoms with E-state index < -0.39 is 0 Å². The van der Waals surface area contributed by atoms with E-state index in [-0.39, 0.29) is 6.04 Å². The summed E-state index contributed by atoms with van der Waals surface area (Å²) in [5, 5.41) is 7.14. The van der Waals surface area contributed by atoms with Gasteiger partial charge in [-0.05, 0) is 40.1 Å². The molecule has 0 amide bonds. The van der Waals surface area contributed by atoms with Gasteiger partial charge in [-0.2, -0.15) is 0 Å². The second-order valence-corrected chi connectivity index (χ2v) is 7.40. The Balaban J connectivity index is 1.63. The molecule has 0 spiro atoms. The van der Waals surface area contributed by atoms with Gasteiger partial charge in [-0.1, -0.05) is 24.3 Å². The van der Waals surface area contributed by atoms with E-state index in [1.807, 2.05) is 17.4 Å². The Bertz CT molecular complexity index is 902. The van der Waals surface area contributed by atoms with Gasteiger partial charge in [0.05, 0.1) is 6.04 Å². The summed E-state index contributed by atoms with van der Waals surface area (Å²) in [4.78, 5) is 2.57. The predicted octanol–water partition coefficient (Wildman–Crippen LogP) is 3.62. The Kier molecular flexibility index (Phi) is 3.85. The molecule has 0 saturated carbocycles. The van der Waals surface area contributed by atoms with E-state index in [1.54, 1.807) is 0 Å². The first-order chi connectivity index (χ1) is 12.4. The summed E-state index contributed by atoms with van der Waals surface area (Å²) in [6.07, 6.45) is 0. The summed E-state index contributed by atoms with van der Waals surface area (Å²) in [6.45, 7) is 4.47. The van der Waals surface area contributed by atoms with E-state index in [0.29, 0.717) is 6.79 Å². The molecule has 0 bridgehead atoms. The summed E-state index contributed by atoms with van der Waals surface area (Å²) in [7, 11) is 0. The highest BCUT2D eigenvalue weighted by Crippen LogP contribution is 2.41. The van der Waals surface area contributed by atoms with Crippen molar-refractivity contribution in [3.05, 3.63) is 59.0 Å². The molecule has 3 heterocycles. The number of nitrogens with zero attached hydrogens (tertiary/aromatic N) is 1. The maximum Gasteiger partial charge on any atom is 0.231 e. The maximum absolute atomic E-state index is 5.63. The normalized spacial score (nSPS) is 18.6. The van der Waals surface area contributed by atoms with Crippen molar-refractivity contribution in [3.8, 4) is 11.5 Å². The molecule has 1 saturated heterocycles. The molecule has 2 aliphatic heterocycles. The average Bonchev–Trinajstić information content (AvgIpc) is 3.30. The topological polar surface area (TPSA) is 33.7 Å². The monoisotopic (exact) mass is 352 g/mol. The number of hydrogen-bond donors (Lipinski definition) is 1. The fourth-order valence-electron chi connectivity index (χ4n) is 3.82. The van der Waals surface area contributed by atoms with Gasteiger partial charge < -0.3 is 14.8 Å². The zero-order valence-electron chi connectivity index (χ0n) is 13.9. The third kappa shape index (κ3) is 2.68. The molecule has 2 aromatic carbocycles. The van der Waals surface area contributed by atoms with E-state index >= 15 is 0 Å². The predicted molar refractivity (Wildman–Crippen MR) is 101 cm³/mol. The Morgan fingerprint density at radius 1 is 1.00 bits per heavy atom. The van der Waals surface area contributed by atoms with E-state index in [2.05, 4.69) is 52.0 Å². The first-order valence-electron chi connectivity index (χ1n) is 8.70. The fraction of sp³-hybridized carbons (Fsp3) is 0.300. The summed E-state index contributed by atoms with van der Waals surface area (Å²) < 4.78 is 12.5. The quantitative estimate of drug-likeness (QED) is 0.781. The SMILES string of the molecule is c1ccc2c(C(c3ccc4c(c3)OCO4)N3CCNCC3)csc2c1. The summed E-state index contributed by atoms with van der Waals surface area (Å²) in [5.74, 6) is 1.70. The van der Waals surface area contributed by atoms with Crippen molar-refractivity contribution in [2.24, 2.45) is 0 Å². The zero-order chi connectivity index (χ0) is 16.6. The Hall–Kier alpha value is -2.08. The molecular formula is C20H20N2O2S. The van der Waals surface area contributed by atoms with Crippen LogP contribution >= 0.6 is 11.3 Å². The molecule has 25 heavy (non-hydrogen) atoms. The van der Waals surface area contributed by atoms with E-state index in [9.17, 15) is 0 Å². The van der Waals surface area contributed by atoms with Gasteiger partial charge in [0.15, 0.2) is 11.5 Å². The summed E-state index contributed by atoms with van der Waals surface area (Å²) >= 11 is 1.83. The van der Waals surface area contributed by atoms with Crippen LogP contribution in [0.15, 0.2) is 47.8 Å². The van der Waals surface area contributed by atoms with Gasteiger partial charge in [0, 0.05) is 30.9 Å². The molecule has 3 aromatic rings. The van der Waals surface area contributed by atoms with Crippen LogP contribution < -0.4 is 14.8 Å². The number of fused-ring (bicyclic) bond motifs is 2. The molecule has 5 rings (SSSR count). The van der Waals surface area contributed by atoms with Crippen molar-refractivity contribution in [2.75, 3.05) is 33.0 Å². The minimum atomic E-state index is 0.243. The minimum absolute atomic E-state index is 0.243. The highest BCUT2D eigenvalue weighted by Gasteiger charge is 2.27. The van der Waals surface area contributed by atoms with Crippen molar-refractivity contribution < 1.29 is 9.47 Å². The van der Waals surface area contributed by atoms with Crippen LogP contribution in [0.2, 0.25) is 0 Å². The standard InChI is InChI=1S/C20H20N2O2S/c1-2-4-19-15(3-1)16(12-25-19)20(22-9-7-21-8-10-22)14-5-6-17-18(11-14)24-13-23-17/h1-6,11-12,20-21H,7-10,13H2. The lowest BCUT2D eigenvalue weighted by molar-refractivity contribution is 0.173. The summed E-state index contributed by atoms with van der Waals surface area (Å²) in [5.41, 5.74) is 2.66. The first kappa shape index (κ1) is 15.2. The van der Waals surface area contributed by atoms with Gasteiger partial charge in [-0.15, -0.1) is 11.3 Å². The van der Waals surface area contributed by atoms with Crippen molar-refractivity contribution >= 4 is 21.4 Å². The fourth-order valence-corrected chi connectivity index (χ4v) is 4.80. The van der Waals surface area contributed by atoms with E-state index in [4.69, 9.17) is 9.47 Å². The van der Waals surface area contributed by atoms with Gasteiger partial charge in [0.2, 0.25) is 6.79 Å². The first-order valence-corrected chi connectivity index (χ1v) is 9.58. The van der Waals surface area contributed by atoms with Gasteiger partial charge in [-0.25, -0.2) is 0 Å². The molecule has 4 nitrogen and oxygen atoms in total. The zero-order valence-corrected chi connectivity index (χ0v) is 14.7. The lowest BCUT2D eigenvalue weighted by Crippen LogP contribution is -2.45. The maximum atomic E-state index is 5.63. The smallest absolute Gasteiger partial charge is 0.231 e. The van der Waals surface area contributed by atoms with Crippen molar-refractivity contribution in [3.63, 3.8) is 0 Å². The number of benzene rings is 2. The Morgan fingerprint density at radius 2 is 1.84 bits per heavy atom. The van der Waals surface area contributed by atoms with Crippen LogP contribution in [0.25, 0.3) is 10.1 Å². The number of rotatable bonds is 3. The Labute approximate surface area is 151 Å². The van der Waals surface area contributed by atoms with Crippen LogP contribution in [0.5, 0.6) is 11.5 Å². The van der Waals surface area contributed by atoms with Gasteiger partial charge in [0.25, 0.3) is 0 Å². The molecule has 0 radical (unpaired) electrons.